The fourth-order valence-corrected chi connectivity index (χ4v) is 5.33. The number of tetrazole rings is 1. The maximum absolute atomic E-state index is 13.3. The Labute approximate surface area is 211 Å². The van der Waals surface area contributed by atoms with Gasteiger partial charge in [0.05, 0.1) is 17.1 Å². The number of thiophene rings is 1. The van der Waals surface area contributed by atoms with Crippen molar-refractivity contribution < 1.29 is 0 Å². The fourth-order valence-electron chi connectivity index (χ4n) is 4.60. The lowest BCUT2D eigenvalue weighted by molar-refractivity contribution is 0.119. The van der Waals surface area contributed by atoms with Gasteiger partial charge in [0, 0.05) is 23.5 Å². The molecule has 0 radical (unpaired) electrons. The lowest BCUT2D eigenvalue weighted by Crippen LogP contribution is -2.38. The van der Waals surface area contributed by atoms with Gasteiger partial charge in [-0.25, -0.2) is 4.68 Å². The topological polar surface area (TPSA) is 79.7 Å². The molecule has 8 heteroatoms. The minimum Gasteiger partial charge on any atom is -0.321 e. The zero-order valence-corrected chi connectivity index (χ0v) is 22.6. The smallest absolute Gasteiger partial charge is 0.252 e. The van der Waals surface area contributed by atoms with Gasteiger partial charge in [-0.05, 0) is 84.5 Å². The number of hydrogen-bond acceptors (Lipinski definition) is 6. The first-order valence-electron chi connectivity index (χ1n) is 12.3. The van der Waals surface area contributed by atoms with Crippen molar-refractivity contribution in [3.8, 4) is 0 Å². The lowest BCUT2D eigenvalue weighted by atomic mass is 9.97. The quantitative estimate of drug-likeness (QED) is 0.322. The number of H-pyrrole nitrogens is 1. The predicted octanol–water partition coefficient (Wildman–Crippen LogP) is 5.74. The fraction of sp³-hybridized carbons (Fsp3) is 0.481. The summed E-state index contributed by atoms with van der Waals surface area (Å²) in [6.45, 7) is 16.2. The molecule has 0 unspecified atom stereocenters. The average molecular weight is 493 g/mol. The molecule has 186 valence electrons. The summed E-state index contributed by atoms with van der Waals surface area (Å²) in [4.78, 5) is 20.0. The van der Waals surface area contributed by atoms with Crippen LogP contribution in [0.25, 0.3) is 10.9 Å². The maximum atomic E-state index is 13.3. The highest BCUT2D eigenvalue weighted by Gasteiger charge is 2.34. The van der Waals surface area contributed by atoms with Gasteiger partial charge in [-0.3, -0.25) is 9.69 Å². The van der Waals surface area contributed by atoms with E-state index in [1.165, 1.54) is 10.4 Å². The van der Waals surface area contributed by atoms with E-state index in [1.807, 2.05) is 10.7 Å². The SMILES string of the molecule is CCC(C)(C)n1nnnc1[C@@H](C(C)C)N(Cc1cccs1)Cc1cc2ccc(C)c(C)c2[nH]c1=O. The van der Waals surface area contributed by atoms with Crippen LogP contribution >= 0.6 is 11.3 Å². The molecule has 3 aromatic heterocycles. The third-order valence-electron chi connectivity index (χ3n) is 7.16. The second-order valence-electron chi connectivity index (χ2n) is 10.4. The number of nitrogens with one attached hydrogen (secondary N) is 1. The molecule has 4 aromatic rings. The van der Waals surface area contributed by atoms with E-state index in [0.29, 0.717) is 13.1 Å². The highest BCUT2D eigenvalue weighted by Crippen LogP contribution is 2.33. The molecule has 0 aliphatic carbocycles. The molecule has 35 heavy (non-hydrogen) atoms. The molecule has 0 saturated carbocycles. The Morgan fingerprint density at radius 2 is 1.94 bits per heavy atom. The number of fused-ring (bicyclic) bond motifs is 1. The Bertz CT molecular complexity index is 1350. The van der Waals surface area contributed by atoms with E-state index in [4.69, 9.17) is 0 Å². The zero-order valence-electron chi connectivity index (χ0n) is 21.8. The van der Waals surface area contributed by atoms with E-state index >= 15 is 0 Å². The number of pyridine rings is 1. The molecule has 0 bridgehead atoms. The maximum Gasteiger partial charge on any atom is 0.252 e. The predicted molar refractivity (Wildman–Crippen MR) is 143 cm³/mol. The number of aromatic amines is 1. The first-order valence-corrected chi connectivity index (χ1v) is 13.2. The molecule has 0 amide bonds. The van der Waals surface area contributed by atoms with Crippen molar-refractivity contribution in [3.05, 3.63) is 73.5 Å². The summed E-state index contributed by atoms with van der Waals surface area (Å²) in [5, 5.41) is 16.1. The van der Waals surface area contributed by atoms with Crippen molar-refractivity contribution >= 4 is 22.2 Å². The Balaban J connectivity index is 1.81. The summed E-state index contributed by atoms with van der Waals surface area (Å²) in [5.74, 6) is 1.07. The van der Waals surface area contributed by atoms with Crippen LogP contribution in [0.5, 0.6) is 0 Å². The summed E-state index contributed by atoms with van der Waals surface area (Å²) in [7, 11) is 0. The van der Waals surface area contributed by atoms with Gasteiger partial charge in [0.2, 0.25) is 0 Å². The van der Waals surface area contributed by atoms with Gasteiger partial charge >= 0.3 is 0 Å². The highest BCUT2D eigenvalue weighted by atomic mass is 32.1. The summed E-state index contributed by atoms with van der Waals surface area (Å²) in [5.41, 5.74) is 3.69. The van der Waals surface area contributed by atoms with Crippen LogP contribution in [-0.2, 0) is 18.6 Å². The van der Waals surface area contributed by atoms with Crippen LogP contribution in [0.4, 0.5) is 0 Å². The monoisotopic (exact) mass is 492 g/mol. The van der Waals surface area contributed by atoms with Crippen LogP contribution in [0.3, 0.4) is 0 Å². The second kappa shape index (κ2) is 10.0. The third kappa shape index (κ3) is 5.09. The van der Waals surface area contributed by atoms with E-state index in [-0.39, 0.29) is 23.1 Å². The van der Waals surface area contributed by atoms with Crippen molar-refractivity contribution in [2.45, 2.75) is 79.6 Å². The molecule has 4 rings (SSSR count). The Morgan fingerprint density at radius 3 is 2.60 bits per heavy atom. The van der Waals surface area contributed by atoms with Crippen molar-refractivity contribution in [2.75, 3.05) is 0 Å². The lowest BCUT2D eigenvalue weighted by Gasteiger charge is -2.35. The first-order chi connectivity index (χ1) is 16.6. The van der Waals surface area contributed by atoms with Gasteiger partial charge in [-0.2, -0.15) is 0 Å². The largest absolute Gasteiger partial charge is 0.321 e. The molecular formula is C27H36N6OS. The zero-order chi connectivity index (χ0) is 25.3. The number of hydrogen-bond donors (Lipinski definition) is 1. The summed E-state index contributed by atoms with van der Waals surface area (Å²) < 4.78 is 1.97. The molecule has 0 saturated heterocycles. The normalized spacial score (nSPS) is 13.3. The number of aromatic nitrogens is 5. The van der Waals surface area contributed by atoms with E-state index in [0.717, 1.165) is 34.3 Å². The van der Waals surface area contributed by atoms with Crippen LogP contribution in [0.1, 0.15) is 74.5 Å². The van der Waals surface area contributed by atoms with E-state index < -0.39 is 0 Å². The van der Waals surface area contributed by atoms with E-state index in [9.17, 15) is 4.79 Å². The van der Waals surface area contributed by atoms with Gasteiger partial charge in [-0.1, -0.05) is 39.0 Å². The van der Waals surface area contributed by atoms with Gasteiger partial charge in [0.25, 0.3) is 5.56 Å². The van der Waals surface area contributed by atoms with Crippen LogP contribution in [0, 0.1) is 19.8 Å². The number of rotatable bonds is 9. The Morgan fingerprint density at radius 1 is 1.17 bits per heavy atom. The van der Waals surface area contributed by atoms with Gasteiger partial charge in [0.1, 0.15) is 0 Å². The average Bonchev–Trinajstić information content (AvgIpc) is 3.50. The summed E-state index contributed by atoms with van der Waals surface area (Å²) in [6.07, 6.45) is 0.907. The van der Waals surface area contributed by atoms with Gasteiger partial charge in [-0.15, -0.1) is 16.4 Å². The first kappa shape index (κ1) is 25.3. The summed E-state index contributed by atoms with van der Waals surface area (Å²) >= 11 is 1.73. The van der Waals surface area contributed by atoms with E-state index in [1.54, 1.807) is 11.3 Å². The van der Waals surface area contributed by atoms with E-state index in [2.05, 4.69) is 104 Å². The molecule has 0 spiro atoms. The van der Waals surface area contributed by atoms with Crippen molar-refractivity contribution in [2.24, 2.45) is 5.92 Å². The van der Waals surface area contributed by atoms with Crippen molar-refractivity contribution in [1.82, 2.24) is 30.1 Å². The molecule has 0 aliphatic rings. The van der Waals surface area contributed by atoms with Gasteiger partial charge in [0.15, 0.2) is 5.82 Å². The molecule has 0 aliphatic heterocycles. The Kier molecular flexibility index (Phi) is 7.24. The summed E-state index contributed by atoms with van der Waals surface area (Å²) in [6, 6.07) is 10.4. The minimum absolute atomic E-state index is 0.0432. The Hall–Kier alpha value is -2.84. The van der Waals surface area contributed by atoms with Crippen molar-refractivity contribution in [1.29, 1.82) is 0 Å². The molecule has 7 nitrogen and oxygen atoms in total. The number of aryl methyl sites for hydroxylation is 2. The standard InChI is InChI=1S/C27H36N6OS/c1-8-27(6,7)33-25(29-30-31-33)24(17(2)3)32(16-22-10-9-13-35-22)15-21-14-20-12-11-18(4)19(5)23(20)28-26(21)34/h9-14,17,24H,8,15-16H2,1-7H3,(H,28,34)/t24-/m1/s1. The molecule has 1 N–H and O–H groups in total. The molecule has 1 aromatic carbocycles. The number of nitrogens with zero attached hydrogens (tertiary/aromatic N) is 5. The highest BCUT2D eigenvalue weighted by molar-refractivity contribution is 7.09. The molecule has 0 fully saturated rings. The van der Waals surface area contributed by atoms with Gasteiger partial charge < -0.3 is 4.98 Å². The van der Waals surface area contributed by atoms with Crippen LogP contribution in [0.2, 0.25) is 0 Å². The molecule has 1 atom stereocenters. The second-order valence-corrected chi connectivity index (χ2v) is 11.4. The molecular weight excluding hydrogens is 456 g/mol. The minimum atomic E-state index is -0.212. The van der Waals surface area contributed by atoms with Crippen LogP contribution < -0.4 is 5.56 Å². The van der Waals surface area contributed by atoms with Crippen molar-refractivity contribution in [3.63, 3.8) is 0 Å². The third-order valence-corrected chi connectivity index (χ3v) is 8.02. The van der Waals surface area contributed by atoms with Crippen LogP contribution in [-0.4, -0.2) is 30.1 Å². The molecule has 3 heterocycles. The number of benzene rings is 1. The van der Waals surface area contributed by atoms with Crippen LogP contribution in [0.15, 0.2) is 40.5 Å².